The number of thioether (sulfide) groups is 1. The van der Waals surface area contributed by atoms with Crippen LogP contribution in [0.5, 0.6) is 0 Å². The molecule has 7 nitrogen and oxygen atoms in total. The van der Waals surface area contributed by atoms with Crippen molar-refractivity contribution < 1.29 is 19.5 Å². The molecule has 8 heteroatoms. The number of aliphatic hydroxyl groups is 1. The molecule has 1 spiro atoms. The van der Waals surface area contributed by atoms with Crippen molar-refractivity contribution >= 4 is 29.5 Å². The Morgan fingerprint density at radius 3 is 2.44 bits per heavy atom. The Morgan fingerprint density at radius 2 is 1.84 bits per heavy atom. The van der Waals surface area contributed by atoms with Gasteiger partial charge in [0.05, 0.1) is 29.2 Å². The van der Waals surface area contributed by atoms with E-state index in [-0.39, 0.29) is 35.0 Å². The number of carbonyl (C=O) groups excluding carboxylic acids is 3. The smallest absolute Gasteiger partial charge is 0.244 e. The number of nitrogens with zero attached hydrogens (tertiary/aromatic N) is 1. The molecule has 32 heavy (non-hydrogen) atoms. The molecule has 3 amide bonds. The van der Waals surface area contributed by atoms with Gasteiger partial charge in [-0.15, -0.1) is 11.8 Å². The molecule has 182 valence electrons. The fourth-order valence-electron chi connectivity index (χ4n) is 6.08. The average molecular weight is 468 g/mol. The molecule has 3 aliphatic rings. The molecular formula is C24H41N3O4S. The summed E-state index contributed by atoms with van der Waals surface area (Å²) in [6.45, 7) is 11.2. The zero-order valence-corrected chi connectivity index (χ0v) is 21.1. The molecule has 0 radical (unpaired) electrons. The summed E-state index contributed by atoms with van der Waals surface area (Å²) < 4.78 is -0.964. The molecule has 3 N–H and O–H groups in total. The maximum absolute atomic E-state index is 14.0. The first kappa shape index (κ1) is 25.3. The van der Waals surface area contributed by atoms with Crippen molar-refractivity contribution in [1.82, 2.24) is 15.5 Å². The monoisotopic (exact) mass is 467 g/mol. The van der Waals surface area contributed by atoms with Gasteiger partial charge in [0.2, 0.25) is 17.7 Å². The molecule has 0 aromatic heterocycles. The lowest BCUT2D eigenvalue weighted by Crippen LogP contribution is -2.57. The predicted molar refractivity (Wildman–Crippen MR) is 127 cm³/mol. The Morgan fingerprint density at radius 1 is 1.16 bits per heavy atom. The number of amides is 3. The summed E-state index contributed by atoms with van der Waals surface area (Å²) in [5.41, 5.74) is 0. The first-order valence-electron chi connectivity index (χ1n) is 12.4. The van der Waals surface area contributed by atoms with Crippen molar-refractivity contribution in [3.63, 3.8) is 0 Å². The summed E-state index contributed by atoms with van der Waals surface area (Å²) in [7, 11) is 0. The molecule has 0 aliphatic carbocycles. The van der Waals surface area contributed by atoms with Gasteiger partial charge in [0.15, 0.2) is 0 Å². The van der Waals surface area contributed by atoms with Gasteiger partial charge in [-0.2, -0.15) is 0 Å². The normalized spacial score (nSPS) is 35.0. The number of fused-ring (bicyclic) bond motifs is 1. The highest BCUT2D eigenvalue weighted by molar-refractivity contribution is 8.02. The first-order chi connectivity index (χ1) is 15.2. The van der Waals surface area contributed by atoms with Crippen LogP contribution >= 0.6 is 11.8 Å². The molecule has 3 heterocycles. The summed E-state index contributed by atoms with van der Waals surface area (Å²) in [6.07, 6.45) is 5.03. The lowest BCUT2D eigenvalue weighted by molar-refractivity contribution is -0.144. The molecule has 3 saturated heterocycles. The quantitative estimate of drug-likeness (QED) is 0.405. The second-order valence-corrected chi connectivity index (χ2v) is 11.9. The summed E-state index contributed by atoms with van der Waals surface area (Å²) in [4.78, 5) is 42.5. The van der Waals surface area contributed by atoms with Gasteiger partial charge in [0.1, 0.15) is 6.04 Å². The van der Waals surface area contributed by atoms with Gasteiger partial charge in [-0.3, -0.25) is 14.4 Å². The summed E-state index contributed by atoms with van der Waals surface area (Å²) >= 11 is 1.69. The van der Waals surface area contributed by atoms with Crippen molar-refractivity contribution in [3.8, 4) is 0 Å². The second-order valence-electron chi connectivity index (χ2n) is 10.0. The molecule has 0 saturated carbocycles. The maximum Gasteiger partial charge on any atom is 0.244 e. The minimum atomic E-state index is -0.654. The molecule has 3 fully saturated rings. The van der Waals surface area contributed by atoms with E-state index in [0.717, 1.165) is 38.5 Å². The Kier molecular flexibility index (Phi) is 7.85. The van der Waals surface area contributed by atoms with Crippen LogP contribution in [0.15, 0.2) is 0 Å². The van der Waals surface area contributed by atoms with E-state index in [1.54, 1.807) is 16.7 Å². The van der Waals surface area contributed by atoms with E-state index in [1.165, 1.54) is 0 Å². The van der Waals surface area contributed by atoms with Crippen LogP contribution in [0.4, 0.5) is 0 Å². The Hall–Kier alpha value is -1.28. The molecule has 3 aliphatic heterocycles. The van der Waals surface area contributed by atoms with Crippen molar-refractivity contribution in [2.75, 3.05) is 19.7 Å². The zero-order valence-electron chi connectivity index (χ0n) is 20.3. The van der Waals surface area contributed by atoms with E-state index in [0.29, 0.717) is 13.1 Å². The van der Waals surface area contributed by atoms with Crippen LogP contribution in [-0.4, -0.2) is 69.0 Å². The van der Waals surface area contributed by atoms with Crippen LogP contribution in [0.1, 0.15) is 73.1 Å². The third-order valence-electron chi connectivity index (χ3n) is 7.97. The number of rotatable bonds is 11. The lowest BCUT2D eigenvalue weighted by atomic mass is 9.66. The van der Waals surface area contributed by atoms with Gasteiger partial charge in [-0.25, -0.2) is 0 Å². The van der Waals surface area contributed by atoms with Crippen LogP contribution in [0.3, 0.4) is 0 Å². The van der Waals surface area contributed by atoms with Gasteiger partial charge < -0.3 is 20.6 Å². The van der Waals surface area contributed by atoms with Gasteiger partial charge in [0, 0.05) is 17.8 Å². The van der Waals surface area contributed by atoms with Crippen LogP contribution in [0.25, 0.3) is 0 Å². The van der Waals surface area contributed by atoms with E-state index in [9.17, 15) is 19.5 Å². The summed E-state index contributed by atoms with van der Waals surface area (Å²) in [5.74, 6) is -1.27. The van der Waals surface area contributed by atoms with Crippen LogP contribution in [0, 0.1) is 17.8 Å². The van der Waals surface area contributed by atoms with Crippen molar-refractivity contribution in [2.45, 2.75) is 94.7 Å². The molecule has 2 bridgehead atoms. The van der Waals surface area contributed by atoms with Gasteiger partial charge in [-0.1, -0.05) is 40.5 Å². The van der Waals surface area contributed by atoms with Crippen LogP contribution < -0.4 is 10.6 Å². The fraction of sp³-hybridized carbons (Fsp3) is 0.875. The SMILES string of the molecule is CCCCNC(=O)C1N([C@@H](CO)[C@@H](C)CC)C(=O)[C@@H]2[C@H](C(=O)NCCC)[C@]3(C)CCC12S3. The zero-order chi connectivity index (χ0) is 23.7. The molecule has 0 aromatic carbocycles. The van der Waals surface area contributed by atoms with Crippen molar-refractivity contribution in [3.05, 3.63) is 0 Å². The van der Waals surface area contributed by atoms with Crippen LogP contribution in [0.2, 0.25) is 0 Å². The number of hydrogen-bond donors (Lipinski definition) is 3. The van der Waals surface area contributed by atoms with Gasteiger partial charge in [-0.05, 0) is 38.5 Å². The summed E-state index contributed by atoms with van der Waals surface area (Å²) in [5, 5.41) is 16.4. The first-order valence-corrected chi connectivity index (χ1v) is 13.2. The standard InChI is InChI=1S/C24H41N3O4S/c1-6-9-13-26-21(30)19-24-11-10-23(5,32-24)17(20(29)25-12-7-2)18(24)22(31)27(19)16(14-28)15(4)8-3/h15-19,28H,6-14H2,1-5H3,(H,25,29)(H,26,30)/t15-,16-,17+,18-,19?,23-,24?/m0/s1. The van der Waals surface area contributed by atoms with Gasteiger partial charge in [0.25, 0.3) is 0 Å². The molecule has 0 aromatic rings. The maximum atomic E-state index is 14.0. The number of likely N-dealkylation sites (tertiary alicyclic amines) is 1. The molecule has 3 rings (SSSR count). The van der Waals surface area contributed by atoms with Gasteiger partial charge >= 0.3 is 0 Å². The highest BCUT2D eigenvalue weighted by Crippen LogP contribution is 2.71. The van der Waals surface area contributed by atoms with Crippen LogP contribution in [-0.2, 0) is 14.4 Å². The Bertz CT molecular complexity index is 734. The Labute approximate surface area is 196 Å². The minimum Gasteiger partial charge on any atom is -0.394 e. The topological polar surface area (TPSA) is 98.7 Å². The third kappa shape index (κ3) is 3.95. The predicted octanol–water partition coefficient (Wildman–Crippen LogP) is 2.32. The molecule has 7 atom stereocenters. The van der Waals surface area contributed by atoms with E-state index in [1.807, 2.05) is 20.8 Å². The fourth-order valence-corrected chi connectivity index (χ4v) is 8.42. The highest BCUT2D eigenvalue weighted by atomic mass is 32.2. The number of hydrogen-bond acceptors (Lipinski definition) is 5. The summed E-state index contributed by atoms with van der Waals surface area (Å²) in [6, 6.07) is -1.08. The van der Waals surface area contributed by atoms with Crippen molar-refractivity contribution in [1.29, 1.82) is 0 Å². The number of carbonyl (C=O) groups is 3. The number of nitrogens with one attached hydrogen (secondary N) is 2. The third-order valence-corrected chi connectivity index (χ3v) is 9.96. The largest absolute Gasteiger partial charge is 0.394 e. The lowest BCUT2D eigenvalue weighted by Gasteiger charge is -2.39. The number of aliphatic hydroxyl groups excluding tert-OH is 1. The molecule has 2 unspecified atom stereocenters. The molecular weight excluding hydrogens is 426 g/mol. The Balaban J connectivity index is 2.04. The van der Waals surface area contributed by atoms with E-state index < -0.39 is 28.7 Å². The average Bonchev–Trinajstić information content (AvgIpc) is 3.33. The van der Waals surface area contributed by atoms with E-state index in [4.69, 9.17) is 0 Å². The minimum absolute atomic E-state index is 0.0512. The second kappa shape index (κ2) is 9.92. The highest BCUT2D eigenvalue weighted by Gasteiger charge is 2.77. The number of unbranched alkanes of at least 4 members (excludes halogenated alkanes) is 1. The van der Waals surface area contributed by atoms with E-state index in [2.05, 4.69) is 24.5 Å². The van der Waals surface area contributed by atoms with E-state index >= 15 is 0 Å². The van der Waals surface area contributed by atoms with Crippen molar-refractivity contribution in [2.24, 2.45) is 17.8 Å².